The lowest BCUT2D eigenvalue weighted by Gasteiger charge is -2.17. The summed E-state index contributed by atoms with van der Waals surface area (Å²) in [5.74, 6) is 0.642. The molecule has 0 saturated carbocycles. The normalized spacial score (nSPS) is 14.3. The van der Waals surface area contributed by atoms with E-state index in [0.717, 1.165) is 11.1 Å². The molecular weight excluding hydrogens is 438 g/mol. The Morgan fingerprint density at radius 2 is 1.88 bits per heavy atom. The number of nitrogens with zero attached hydrogens (tertiary/aromatic N) is 2. The Balaban J connectivity index is 1.91. The number of carbonyl (C=O) groups is 2. The van der Waals surface area contributed by atoms with Crippen molar-refractivity contribution in [2.75, 3.05) is 13.2 Å². The molecular formula is C25H27N3O6. The second-order valence-corrected chi connectivity index (χ2v) is 7.59. The minimum absolute atomic E-state index is 0.00884. The molecule has 0 aromatic heterocycles. The summed E-state index contributed by atoms with van der Waals surface area (Å²) in [6, 6.07) is 9.30. The molecule has 0 bridgehead atoms. The molecule has 9 heteroatoms. The van der Waals surface area contributed by atoms with Crippen molar-refractivity contribution in [3.05, 3.63) is 81.6 Å². The fourth-order valence-electron chi connectivity index (χ4n) is 3.53. The first-order chi connectivity index (χ1) is 16.4. The molecule has 0 atom stereocenters. The molecule has 9 nitrogen and oxygen atoms in total. The minimum atomic E-state index is -0.452. The summed E-state index contributed by atoms with van der Waals surface area (Å²) in [5, 5.41) is 13.5. The molecule has 3 amide bonds. The number of carbonyl (C=O) groups excluding carboxylic acids is 2. The van der Waals surface area contributed by atoms with E-state index in [1.165, 1.54) is 17.0 Å². The Morgan fingerprint density at radius 1 is 1.15 bits per heavy atom. The average molecular weight is 466 g/mol. The van der Waals surface area contributed by atoms with Gasteiger partial charge in [-0.2, -0.15) is 0 Å². The number of imide groups is 1. The predicted molar refractivity (Wildman–Crippen MR) is 127 cm³/mol. The molecule has 0 spiro atoms. The lowest BCUT2D eigenvalue weighted by molar-refractivity contribution is -0.384. The van der Waals surface area contributed by atoms with Crippen LogP contribution in [0.15, 0.2) is 54.8 Å². The highest BCUT2D eigenvalue weighted by Crippen LogP contribution is 2.35. The summed E-state index contributed by atoms with van der Waals surface area (Å²) in [6.45, 7) is 8.48. The molecule has 2 aromatic rings. The van der Waals surface area contributed by atoms with Gasteiger partial charge in [0.2, 0.25) is 0 Å². The van der Waals surface area contributed by atoms with E-state index in [0.29, 0.717) is 43.1 Å². The quantitative estimate of drug-likeness (QED) is 0.171. The Kier molecular flexibility index (Phi) is 8.02. The van der Waals surface area contributed by atoms with Crippen LogP contribution < -0.4 is 14.8 Å². The van der Waals surface area contributed by atoms with Gasteiger partial charge in [-0.3, -0.25) is 19.8 Å². The molecule has 1 fully saturated rings. The fraction of sp³-hybridized carbons (Fsp3) is 0.280. The maximum Gasteiger partial charge on any atom is 0.329 e. The van der Waals surface area contributed by atoms with Crippen LogP contribution in [0.4, 0.5) is 10.5 Å². The van der Waals surface area contributed by atoms with Crippen LogP contribution in [0, 0.1) is 10.1 Å². The van der Waals surface area contributed by atoms with Gasteiger partial charge in [0, 0.05) is 24.2 Å². The third kappa shape index (κ3) is 5.61. The predicted octanol–water partition coefficient (Wildman–Crippen LogP) is 4.60. The monoisotopic (exact) mass is 465 g/mol. The van der Waals surface area contributed by atoms with Gasteiger partial charge in [-0.1, -0.05) is 13.0 Å². The molecule has 1 aliphatic rings. The van der Waals surface area contributed by atoms with E-state index in [1.807, 2.05) is 19.9 Å². The third-order valence-corrected chi connectivity index (χ3v) is 5.07. The number of nitrogens with one attached hydrogen (secondary N) is 1. The molecule has 1 heterocycles. The highest BCUT2D eigenvalue weighted by molar-refractivity contribution is 6.14. The van der Waals surface area contributed by atoms with Crippen LogP contribution in [0.1, 0.15) is 37.0 Å². The van der Waals surface area contributed by atoms with Crippen molar-refractivity contribution in [3.8, 4) is 11.5 Å². The van der Waals surface area contributed by atoms with Gasteiger partial charge in [-0.25, -0.2) is 4.79 Å². The summed E-state index contributed by atoms with van der Waals surface area (Å²) in [7, 11) is 0. The zero-order chi connectivity index (χ0) is 24.7. The third-order valence-electron chi connectivity index (χ3n) is 5.07. The van der Waals surface area contributed by atoms with Crippen molar-refractivity contribution < 1.29 is 24.0 Å². The van der Waals surface area contributed by atoms with Crippen LogP contribution in [0.25, 0.3) is 6.08 Å². The van der Waals surface area contributed by atoms with Crippen molar-refractivity contribution in [1.82, 2.24) is 10.2 Å². The summed E-state index contributed by atoms with van der Waals surface area (Å²) < 4.78 is 11.9. The first-order valence-corrected chi connectivity index (χ1v) is 11.0. The van der Waals surface area contributed by atoms with Gasteiger partial charge >= 0.3 is 6.03 Å². The fourth-order valence-corrected chi connectivity index (χ4v) is 3.53. The number of benzene rings is 2. The molecule has 0 unspecified atom stereocenters. The van der Waals surface area contributed by atoms with Crippen molar-refractivity contribution in [3.63, 3.8) is 0 Å². The van der Waals surface area contributed by atoms with Gasteiger partial charge in [0.15, 0.2) is 11.5 Å². The van der Waals surface area contributed by atoms with Gasteiger partial charge in [0.1, 0.15) is 12.3 Å². The largest absolute Gasteiger partial charge is 0.490 e. The van der Waals surface area contributed by atoms with Gasteiger partial charge in [0.05, 0.1) is 11.5 Å². The lowest BCUT2D eigenvalue weighted by atomic mass is 10.0. The Bertz CT molecular complexity index is 1120. The summed E-state index contributed by atoms with van der Waals surface area (Å²) in [5.41, 5.74) is 2.43. The number of hydrogen-bond acceptors (Lipinski definition) is 6. The molecule has 1 aliphatic heterocycles. The van der Waals surface area contributed by atoms with E-state index in [-0.39, 0.29) is 23.9 Å². The van der Waals surface area contributed by atoms with E-state index in [4.69, 9.17) is 9.47 Å². The molecule has 2 aromatic carbocycles. The topological polar surface area (TPSA) is 111 Å². The molecule has 178 valence electrons. The van der Waals surface area contributed by atoms with Crippen LogP contribution in [-0.4, -0.2) is 34.9 Å². The molecule has 1 saturated heterocycles. The molecule has 3 rings (SSSR count). The Hall–Kier alpha value is -4.14. The number of urea groups is 1. The summed E-state index contributed by atoms with van der Waals surface area (Å²) >= 11 is 0. The number of hydrogen-bond donors (Lipinski definition) is 1. The Morgan fingerprint density at radius 3 is 2.50 bits per heavy atom. The molecule has 0 radical (unpaired) electrons. The van der Waals surface area contributed by atoms with Crippen LogP contribution in [0.5, 0.6) is 11.5 Å². The average Bonchev–Trinajstić information content (AvgIpc) is 3.07. The molecule has 34 heavy (non-hydrogen) atoms. The van der Waals surface area contributed by atoms with Gasteiger partial charge < -0.3 is 14.8 Å². The van der Waals surface area contributed by atoms with E-state index in [1.54, 1.807) is 30.4 Å². The number of amides is 3. The van der Waals surface area contributed by atoms with Crippen molar-refractivity contribution in [2.45, 2.75) is 33.3 Å². The summed E-state index contributed by atoms with van der Waals surface area (Å²) in [6.07, 6.45) is 4.50. The van der Waals surface area contributed by atoms with Crippen molar-refractivity contribution in [2.24, 2.45) is 0 Å². The van der Waals surface area contributed by atoms with E-state index in [9.17, 15) is 19.7 Å². The minimum Gasteiger partial charge on any atom is -0.490 e. The first-order valence-electron chi connectivity index (χ1n) is 11.0. The van der Waals surface area contributed by atoms with Crippen molar-refractivity contribution >= 4 is 23.7 Å². The second-order valence-electron chi connectivity index (χ2n) is 7.59. The maximum atomic E-state index is 12.6. The highest BCUT2D eigenvalue weighted by atomic mass is 16.6. The smallest absolute Gasteiger partial charge is 0.329 e. The number of nitro benzene ring substituents is 1. The summed E-state index contributed by atoms with van der Waals surface area (Å²) in [4.78, 5) is 36.3. The highest BCUT2D eigenvalue weighted by Gasteiger charge is 2.32. The Labute approximate surface area is 197 Å². The maximum absolute atomic E-state index is 12.6. The van der Waals surface area contributed by atoms with Crippen molar-refractivity contribution in [1.29, 1.82) is 0 Å². The standard InChI is InChI=1S/C25H27N3O6/c1-4-7-19-13-18(14-21-24(29)27(12-5-2)25(30)26-21)15-22(33-6-3)23(19)34-16-17-8-10-20(11-9-17)28(31)32/h4,8-11,13-15H,1,5-7,12,16H2,2-3H3,(H,26,30)/b21-14+. The number of allylic oxidation sites excluding steroid dienone is 1. The van der Waals surface area contributed by atoms with Crippen LogP contribution >= 0.6 is 0 Å². The zero-order valence-electron chi connectivity index (χ0n) is 19.2. The lowest BCUT2D eigenvalue weighted by Crippen LogP contribution is -2.31. The van der Waals surface area contributed by atoms with Crippen LogP contribution in [0.2, 0.25) is 0 Å². The second kappa shape index (κ2) is 11.1. The molecule has 1 N–H and O–H groups in total. The first kappa shape index (κ1) is 24.5. The SMILES string of the molecule is C=CCc1cc(/C=C2/NC(=O)N(CCC)C2=O)cc(OCC)c1OCc1ccc([N+](=O)[O-])cc1. The van der Waals surface area contributed by atoms with Gasteiger partial charge in [-0.05, 0) is 61.2 Å². The number of non-ortho nitro benzene ring substituents is 1. The number of ether oxygens (including phenoxy) is 2. The number of rotatable bonds is 11. The van der Waals surface area contributed by atoms with Gasteiger partial charge in [-0.15, -0.1) is 6.58 Å². The van der Waals surface area contributed by atoms with E-state index in [2.05, 4.69) is 11.9 Å². The number of nitro groups is 1. The zero-order valence-corrected chi connectivity index (χ0v) is 19.2. The van der Waals surface area contributed by atoms with Gasteiger partial charge in [0.25, 0.3) is 11.6 Å². The van der Waals surface area contributed by atoms with Crippen LogP contribution in [-0.2, 0) is 17.8 Å². The van der Waals surface area contributed by atoms with E-state index < -0.39 is 11.0 Å². The van der Waals surface area contributed by atoms with Crippen LogP contribution in [0.3, 0.4) is 0 Å². The molecule has 0 aliphatic carbocycles. The van der Waals surface area contributed by atoms with E-state index >= 15 is 0 Å².